The van der Waals surface area contributed by atoms with Gasteiger partial charge < -0.3 is 9.84 Å². The van der Waals surface area contributed by atoms with Crippen LogP contribution in [0.25, 0.3) is 0 Å². The van der Waals surface area contributed by atoms with Crippen LogP contribution in [0.1, 0.15) is 42.3 Å². The van der Waals surface area contributed by atoms with Crippen molar-refractivity contribution in [3.63, 3.8) is 0 Å². The molecule has 164 valence electrons. The van der Waals surface area contributed by atoms with E-state index in [0.29, 0.717) is 25.3 Å². The van der Waals surface area contributed by atoms with Crippen LogP contribution >= 0.6 is 0 Å². The van der Waals surface area contributed by atoms with Crippen molar-refractivity contribution in [3.8, 4) is 5.75 Å². The smallest absolute Gasteiger partial charge is 0.346 e. The minimum absolute atomic E-state index is 0.0580. The Morgan fingerprint density at radius 3 is 2.35 bits per heavy atom. The normalized spacial score (nSPS) is 10.9. The maximum atomic E-state index is 12.8. The Bertz CT molecular complexity index is 1050. The van der Waals surface area contributed by atoms with Gasteiger partial charge in [-0.15, -0.1) is 0 Å². The largest absolute Gasteiger partial charge is 0.482 e. The van der Waals surface area contributed by atoms with Crippen LogP contribution in [0.15, 0.2) is 53.3 Å². The van der Waals surface area contributed by atoms with E-state index >= 15 is 0 Å². The van der Waals surface area contributed by atoms with E-state index in [0.717, 1.165) is 36.2 Å². The van der Waals surface area contributed by atoms with Crippen molar-refractivity contribution in [3.05, 3.63) is 81.5 Å². The summed E-state index contributed by atoms with van der Waals surface area (Å²) in [6, 6.07) is 15.6. The van der Waals surface area contributed by atoms with E-state index < -0.39 is 5.97 Å². The second-order valence-corrected chi connectivity index (χ2v) is 7.67. The highest BCUT2D eigenvalue weighted by Crippen LogP contribution is 2.14. The third kappa shape index (κ3) is 6.31. The van der Waals surface area contributed by atoms with Crippen LogP contribution < -0.4 is 10.4 Å². The molecule has 1 aromatic heterocycles. The maximum absolute atomic E-state index is 12.8. The zero-order valence-electron chi connectivity index (χ0n) is 18.1. The van der Waals surface area contributed by atoms with Gasteiger partial charge in [0.2, 0.25) is 0 Å². The number of hydrogen-bond donors (Lipinski definition) is 1. The summed E-state index contributed by atoms with van der Waals surface area (Å²) in [5.41, 5.74) is 3.32. The summed E-state index contributed by atoms with van der Waals surface area (Å²) in [5.74, 6) is 0.363. The molecule has 31 heavy (non-hydrogen) atoms. The lowest BCUT2D eigenvalue weighted by atomic mass is 10.1. The molecule has 0 radical (unpaired) electrons. The summed E-state index contributed by atoms with van der Waals surface area (Å²) in [5, 5.41) is 13.3. The molecule has 0 atom stereocenters. The molecule has 3 aromatic rings. The molecule has 0 fully saturated rings. The Kier molecular flexibility index (Phi) is 7.65. The van der Waals surface area contributed by atoms with Crippen molar-refractivity contribution >= 4 is 5.97 Å². The number of nitrogens with zero attached hydrogens (tertiary/aromatic N) is 3. The summed E-state index contributed by atoms with van der Waals surface area (Å²) in [7, 11) is 0. The predicted molar refractivity (Wildman–Crippen MR) is 119 cm³/mol. The molecule has 0 spiro atoms. The predicted octanol–water partition coefficient (Wildman–Crippen LogP) is 3.45. The molecule has 0 aliphatic carbocycles. The number of ether oxygens (including phenoxy) is 1. The molecule has 7 heteroatoms. The Labute approximate surface area is 181 Å². The lowest BCUT2D eigenvalue weighted by Crippen LogP contribution is -2.26. The van der Waals surface area contributed by atoms with Crippen LogP contribution in [-0.4, -0.2) is 32.0 Å². The monoisotopic (exact) mass is 423 g/mol. The molecule has 0 unspecified atom stereocenters. The van der Waals surface area contributed by atoms with Gasteiger partial charge in [-0.25, -0.2) is 14.3 Å². The molecule has 2 aromatic carbocycles. The second-order valence-electron chi connectivity index (χ2n) is 7.67. The van der Waals surface area contributed by atoms with Crippen LogP contribution in [0.5, 0.6) is 5.75 Å². The van der Waals surface area contributed by atoms with Crippen LogP contribution in [0.2, 0.25) is 0 Å². The second kappa shape index (κ2) is 10.6. The van der Waals surface area contributed by atoms with Crippen molar-refractivity contribution in [2.45, 2.75) is 52.6 Å². The third-order valence-corrected chi connectivity index (χ3v) is 5.05. The summed E-state index contributed by atoms with van der Waals surface area (Å²) in [6.45, 7) is 4.89. The van der Waals surface area contributed by atoms with Crippen molar-refractivity contribution in [2.24, 2.45) is 0 Å². The molecular weight excluding hydrogens is 394 g/mol. The number of benzene rings is 2. The van der Waals surface area contributed by atoms with Gasteiger partial charge in [0.05, 0.1) is 6.54 Å². The van der Waals surface area contributed by atoms with E-state index in [1.54, 1.807) is 21.4 Å². The first-order valence-corrected chi connectivity index (χ1v) is 10.6. The molecule has 0 aliphatic heterocycles. The molecule has 0 saturated carbocycles. The number of hydrogen-bond acceptors (Lipinski definition) is 4. The SMILES string of the molecule is CCCn1c(CCCc2ccc(OCC(=O)O)cc2)nn(Cc2ccc(C)cc2)c1=O. The van der Waals surface area contributed by atoms with E-state index in [1.807, 2.05) is 43.3 Å². The molecule has 1 heterocycles. The molecule has 0 saturated heterocycles. The van der Waals surface area contributed by atoms with Crippen LogP contribution in [-0.2, 0) is 30.7 Å². The van der Waals surface area contributed by atoms with Gasteiger partial charge in [-0.2, -0.15) is 5.10 Å². The molecule has 7 nitrogen and oxygen atoms in total. The number of carboxylic acids is 1. The van der Waals surface area contributed by atoms with Crippen molar-refractivity contribution in [2.75, 3.05) is 6.61 Å². The summed E-state index contributed by atoms with van der Waals surface area (Å²) < 4.78 is 8.51. The first kappa shape index (κ1) is 22.3. The van der Waals surface area contributed by atoms with Gasteiger partial charge in [0.1, 0.15) is 11.6 Å². The van der Waals surface area contributed by atoms with Gasteiger partial charge in [-0.3, -0.25) is 4.57 Å². The average molecular weight is 424 g/mol. The van der Waals surface area contributed by atoms with E-state index in [2.05, 4.69) is 12.0 Å². The van der Waals surface area contributed by atoms with Gasteiger partial charge in [0.25, 0.3) is 0 Å². The highest BCUT2D eigenvalue weighted by Gasteiger charge is 2.13. The van der Waals surface area contributed by atoms with Gasteiger partial charge in [-0.05, 0) is 49.4 Å². The van der Waals surface area contributed by atoms with Crippen molar-refractivity contribution in [1.29, 1.82) is 0 Å². The Hall–Kier alpha value is -3.35. The maximum Gasteiger partial charge on any atom is 0.346 e. The number of carboxylic acid groups (broad SMARTS) is 1. The molecule has 0 bridgehead atoms. The topological polar surface area (TPSA) is 86.3 Å². The highest BCUT2D eigenvalue weighted by atomic mass is 16.5. The molecule has 0 aliphatic rings. The standard InChI is InChI=1S/C24H29N3O4/c1-3-15-26-22(25-27(24(26)30)16-20-9-7-18(2)8-10-20)6-4-5-19-11-13-21(14-12-19)31-17-23(28)29/h7-14H,3-6,15-17H2,1-2H3,(H,28,29). The molecular formula is C24H29N3O4. The number of carbonyl (C=O) groups is 1. The Morgan fingerprint density at radius 1 is 1.03 bits per heavy atom. The minimum atomic E-state index is -0.996. The quantitative estimate of drug-likeness (QED) is 0.510. The zero-order chi connectivity index (χ0) is 22.2. The molecule has 1 N–H and O–H groups in total. The van der Waals surface area contributed by atoms with Crippen molar-refractivity contribution < 1.29 is 14.6 Å². The number of rotatable bonds is 11. The molecule has 3 rings (SSSR count). The van der Waals surface area contributed by atoms with E-state index in [-0.39, 0.29) is 12.3 Å². The van der Waals surface area contributed by atoms with E-state index in [9.17, 15) is 9.59 Å². The Balaban J connectivity index is 1.63. The van der Waals surface area contributed by atoms with Crippen LogP contribution in [0.4, 0.5) is 0 Å². The lowest BCUT2D eigenvalue weighted by Gasteiger charge is -2.06. The first-order chi connectivity index (χ1) is 15.0. The lowest BCUT2D eigenvalue weighted by molar-refractivity contribution is -0.139. The van der Waals surface area contributed by atoms with E-state index in [4.69, 9.17) is 9.84 Å². The van der Waals surface area contributed by atoms with Gasteiger partial charge >= 0.3 is 11.7 Å². The minimum Gasteiger partial charge on any atom is -0.482 e. The number of aryl methyl sites for hydroxylation is 3. The zero-order valence-corrected chi connectivity index (χ0v) is 18.1. The van der Waals surface area contributed by atoms with Gasteiger partial charge in [0.15, 0.2) is 6.61 Å². The van der Waals surface area contributed by atoms with Gasteiger partial charge in [0, 0.05) is 13.0 Å². The summed E-state index contributed by atoms with van der Waals surface area (Å²) in [6.07, 6.45) is 3.29. The van der Waals surface area contributed by atoms with Gasteiger partial charge in [-0.1, -0.05) is 48.9 Å². The first-order valence-electron chi connectivity index (χ1n) is 10.6. The Morgan fingerprint density at radius 2 is 1.71 bits per heavy atom. The van der Waals surface area contributed by atoms with Crippen LogP contribution in [0.3, 0.4) is 0 Å². The van der Waals surface area contributed by atoms with E-state index in [1.165, 1.54) is 5.56 Å². The van der Waals surface area contributed by atoms with Crippen molar-refractivity contribution in [1.82, 2.24) is 14.3 Å². The fraction of sp³-hybridized carbons (Fsp3) is 0.375. The number of aromatic nitrogens is 3. The fourth-order valence-corrected chi connectivity index (χ4v) is 3.44. The van der Waals surface area contributed by atoms with Crippen LogP contribution in [0, 0.1) is 6.92 Å². The average Bonchev–Trinajstić information content (AvgIpc) is 3.04. The summed E-state index contributed by atoms with van der Waals surface area (Å²) >= 11 is 0. The molecule has 0 amide bonds. The summed E-state index contributed by atoms with van der Waals surface area (Å²) in [4.78, 5) is 23.4. The fourth-order valence-electron chi connectivity index (χ4n) is 3.44. The number of aliphatic carboxylic acids is 1. The highest BCUT2D eigenvalue weighted by molar-refractivity contribution is 5.68. The third-order valence-electron chi connectivity index (χ3n) is 5.05.